The molecule has 0 aliphatic heterocycles. The van der Waals surface area contributed by atoms with Crippen molar-refractivity contribution >= 4 is 11.6 Å². The van der Waals surface area contributed by atoms with E-state index in [0.717, 1.165) is 24.3 Å². The number of ether oxygens (including phenoxy) is 2. The fourth-order valence-corrected chi connectivity index (χ4v) is 2.07. The summed E-state index contributed by atoms with van der Waals surface area (Å²) in [5.41, 5.74) is 1.98. The standard InChI is InChI=1S/C19H23NO3/c1-3-12-22-17-8-10-18(11-9-17)23-14-19(21)20-16-7-5-6-15(4-2)13-16/h5-11,13H,3-4,12,14H2,1-2H3,(H,20,21). The van der Waals surface area contributed by atoms with Gasteiger partial charge >= 0.3 is 0 Å². The molecule has 0 bridgehead atoms. The first-order chi connectivity index (χ1) is 11.2. The molecule has 0 radical (unpaired) electrons. The number of amides is 1. The van der Waals surface area contributed by atoms with Gasteiger partial charge in [-0.05, 0) is 54.8 Å². The van der Waals surface area contributed by atoms with E-state index in [2.05, 4.69) is 19.2 Å². The van der Waals surface area contributed by atoms with Gasteiger partial charge in [0, 0.05) is 5.69 Å². The highest BCUT2D eigenvalue weighted by molar-refractivity contribution is 5.91. The number of hydrogen-bond donors (Lipinski definition) is 1. The van der Waals surface area contributed by atoms with Crippen LogP contribution < -0.4 is 14.8 Å². The Morgan fingerprint density at radius 1 is 1.00 bits per heavy atom. The quantitative estimate of drug-likeness (QED) is 0.799. The van der Waals surface area contributed by atoms with Crippen LogP contribution in [0.1, 0.15) is 25.8 Å². The van der Waals surface area contributed by atoms with Crippen LogP contribution in [-0.4, -0.2) is 19.1 Å². The van der Waals surface area contributed by atoms with Crippen LogP contribution in [0.4, 0.5) is 5.69 Å². The molecule has 1 amide bonds. The van der Waals surface area contributed by atoms with E-state index in [1.165, 1.54) is 5.56 Å². The van der Waals surface area contributed by atoms with Crippen LogP contribution in [0.5, 0.6) is 11.5 Å². The number of rotatable bonds is 8. The van der Waals surface area contributed by atoms with Crippen LogP contribution in [-0.2, 0) is 11.2 Å². The van der Waals surface area contributed by atoms with E-state index in [4.69, 9.17) is 9.47 Å². The van der Waals surface area contributed by atoms with Gasteiger partial charge in [0.05, 0.1) is 6.61 Å². The Labute approximate surface area is 137 Å². The van der Waals surface area contributed by atoms with Gasteiger partial charge in [0.2, 0.25) is 0 Å². The summed E-state index contributed by atoms with van der Waals surface area (Å²) in [5.74, 6) is 1.27. The van der Waals surface area contributed by atoms with Crippen LogP contribution in [0.25, 0.3) is 0 Å². The smallest absolute Gasteiger partial charge is 0.262 e. The molecule has 2 rings (SSSR count). The zero-order valence-corrected chi connectivity index (χ0v) is 13.7. The molecule has 23 heavy (non-hydrogen) atoms. The van der Waals surface area contributed by atoms with Crippen LogP contribution in [0.15, 0.2) is 48.5 Å². The molecular formula is C19H23NO3. The summed E-state index contributed by atoms with van der Waals surface area (Å²) in [7, 11) is 0. The van der Waals surface area contributed by atoms with Crippen molar-refractivity contribution in [1.29, 1.82) is 0 Å². The Morgan fingerprint density at radius 2 is 1.70 bits per heavy atom. The van der Waals surface area contributed by atoms with Crippen LogP contribution in [0.2, 0.25) is 0 Å². The average Bonchev–Trinajstić information content (AvgIpc) is 2.59. The maximum absolute atomic E-state index is 11.9. The van der Waals surface area contributed by atoms with Gasteiger partial charge in [0.1, 0.15) is 11.5 Å². The second-order valence-corrected chi connectivity index (χ2v) is 5.21. The molecule has 122 valence electrons. The molecule has 0 unspecified atom stereocenters. The van der Waals surface area contributed by atoms with Gasteiger partial charge in [-0.3, -0.25) is 4.79 Å². The molecule has 0 saturated heterocycles. The van der Waals surface area contributed by atoms with E-state index < -0.39 is 0 Å². The zero-order chi connectivity index (χ0) is 16.5. The van der Waals surface area contributed by atoms with E-state index in [0.29, 0.717) is 12.4 Å². The Morgan fingerprint density at radius 3 is 2.35 bits per heavy atom. The van der Waals surface area contributed by atoms with Crippen molar-refractivity contribution in [2.24, 2.45) is 0 Å². The van der Waals surface area contributed by atoms with Crippen molar-refractivity contribution in [3.8, 4) is 11.5 Å². The van der Waals surface area contributed by atoms with Crippen molar-refractivity contribution < 1.29 is 14.3 Å². The SMILES string of the molecule is CCCOc1ccc(OCC(=O)Nc2cccc(CC)c2)cc1. The fourth-order valence-electron chi connectivity index (χ4n) is 2.07. The fraction of sp³-hybridized carbons (Fsp3) is 0.316. The minimum Gasteiger partial charge on any atom is -0.494 e. The topological polar surface area (TPSA) is 47.6 Å². The highest BCUT2D eigenvalue weighted by Crippen LogP contribution is 2.18. The monoisotopic (exact) mass is 313 g/mol. The van der Waals surface area contributed by atoms with Crippen LogP contribution >= 0.6 is 0 Å². The molecule has 0 aliphatic carbocycles. The lowest BCUT2D eigenvalue weighted by molar-refractivity contribution is -0.118. The second kappa shape index (κ2) is 8.83. The summed E-state index contributed by atoms with van der Waals surface area (Å²) in [6.07, 6.45) is 1.91. The Kier molecular flexibility index (Phi) is 6.48. The summed E-state index contributed by atoms with van der Waals surface area (Å²) in [5, 5.41) is 2.84. The molecule has 0 fully saturated rings. The van der Waals surface area contributed by atoms with E-state index in [1.807, 2.05) is 36.4 Å². The molecule has 0 atom stereocenters. The average molecular weight is 313 g/mol. The third-order valence-corrected chi connectivity index (χ3v) is 3.29. The molecule has 2 aromatic rings. The molecular weight excluding hydrogens is 290 g/mol. The van der Waals surface area contributed by atoms with Gasteiger partial charge in [-0.15, -0.1) is 0 Å². The lowest BCUT2D eigenvalue weighted by Crippen LogP contribution is -2.20. The minimum atomic E-state index is -0.176. The van der Waals surface area contributed by atoms with Gasteiger partial charge in [-0.2, -0.15) is 0 Å². The van der Waals surface area contributed by atoms with E-state index in [9.17, 15) is 4.79 Å². The molecule has 4 nitrogen and oxygen atoms in total. The summed E-state index contributed by atoms with van der Waals surface area (Å²) in [6, 6.07) is 15.1. The first-order valence-electron chi connectivity index (χ1n) is 7.95. The van der Waals surface area contributed by atoms with Crippen molar-refractivity contribution in [1.82, 2.24) is 0 Å². The third kappa shape index (κ3) is 5.66. The lowest BCUT2D eigenvalue weighted by Gasteiger charge is -2.09. The van der Waals surface area contributed by atoms with Crippen molar-refractivity contribution in [2.75, 3.05) is 18.5 Å². The van der Waals surface area contributed by atoms with Crippen molar-refractivity contribution in [3.63, 3.8) is 0 Å². The molecule has 0 heterocycles. The Hall–Kier alpha value is -2.49. The van der Waals surface area contributed by atoms with Gasteiger partial charge in [-0.25, -0.2) is 0 Å². The van der Waals surface area contributed by atoms with Gasteiger partial charge in [-0.1, -0.05) is 26.0 Å². The zero-order valence-electron chi connectivity index (χ0n) is 13.7. The predicted octanol–water partition coefficient (Wildman–Crippen LogP) is 4.06. The molecule has 0 saturated carbocycles. The van der Waals surface area contributed by atoms with Gasteiger partial charge in [0.15, 0.2) is 6.61 Å². The summed E-state index contributed by atoms with van der Waals surface area (Å²) < 4.78 is 11.0. The molecule has 0 spiro atoms. The predicted molar refractivity (Wildman–Crippen MR) is 92.2 cm³/mol. The largest absolute Gasteiger partial charge is 0.494 e. The molecule has 4 heteroatoms. The number of anilines is 1. The molecule has 0 aromatic heterocycles. The minimum absolute atomic E-state index is 0.0223. The van der Waals surface area contributed by atoms with Gasteiger partial charge in [0.25, 0.3) is 5.91 Å². The van der Waals surface area contributed by atoms with Crippen LogP contribution in [0.3, 0.4) is 0 Å². The number of hydrogen-bond acceptors (Lipinski definition) is 3. The number of carbonyl (C=O) groups is 1. The van der Waals surface area contributed by atoms with Gasteiger partial charge < -0.3 is 14.8 Å². The van der Waals surface area contributed by atoms with Crippen molar-refractivity contribution in [2.45, 2.75) is 26.7 Å². The molecule has 0 aliphatic rings. The van der Waals surface area contributed by atoms with Crippen molar-refractivity contribution in [3.05, 3.63) is 54.1 Å². The first-order valence-corrected chi connectivity index (χ1v) is 7.95. The maximum Gasteiger partial charge on any atom is 0.262 e. The first kappa shape index (κ1) is 16.9. The number of aryl methyl sites for hydroxylation is 1. The molecule has 2 aromatic carbocycles. The highest BCUT2D eigenvalue weighted by Gasteiger charge is 2.04. The normalized spacial score (nSPS) is 10.2. The van der Waals surface area contributed by atoms with E-state index in [1.54, 1.807) is 12.1 Å². The number of nitrogens with one attached hydrogen (secondary N) is 1. The highest BCUT2D eigenvalue weighted by atomic mass is 16.5. The lowest BCUT2D eigenvalue weighted by atomic mass is 10.1. The third-order valence-electron chi connectivity index (χ3n) is 3.29. The second-order valence-electron chi connectivity index (χ2n) is 5.21. The van der Waals surface area contributed by atoms with E-state index >= 15 is 0 Å². The Bertz CT molecular complexity index is 623. The number of carbonyl (C=O) groups excluding carboxylic acids is 1. The summed E-state index contributed by atoms with van der Waals surface area (Å²) in [6.45, 7) is 4.81. The molecule has 1 N–H and O–H groups in total. The summed E-state index contributed by atoms with van der Waals surface area (Å²) in [4.78, 5) is 11.9. The van der Waals surface area contributed by atoms with E-state index in [-0.39, 0.29) is 12.5 Å². The summed E-state index contributed by atoms with van der Waals surface area (Å²) >= 11 is 0. The number of benzene rings is 2. The van der Waals surface area contributed by atoms with Crippen LogP contribution in [0, 0.1) is 0 Å². The maximum atomic E-state index is 11.9. The Balaban J connectivity index is 1.81.